The quantitative estimate of drug-likeness (QED) is 0.380. The van der Waals surface area contributed by atoms with E-state index in [1.807, 2.05) is 0 Å². The van der Waals surface area contributed by atoms with Crippen LogP contribution in [0.2, 0.25) is 0 Å². The van der Waals surface area contributed by atoms with Crippen LogP contribution in [0.25, 0.3) is 0 Å². The molecule has 9 heteroatoms. The molecule has 0 aliphatic rings. The molecule has 0 saturated carbocycles. The molecule has 0 bridgehead atoms. The summed E-state index contributed by atoms with van der Waals surface area (Å²) in [5, 5.41) is 5.06. The van der Waals surface area contributed by atoms with Crippen molar-refractivity contribution in [1.29, 1.82) is 0 Å². The van der Waals surface area contributed by atoms with Gasteiger partial charge in [-0.3, -0.25) is 9.59 Å². The number of carbonyl (C=O) groups is 2. The molecule has 0 unspecified atom stereocenters. The second-order valence-corrected chi connectivity index (χ2v) is 6.67. The van der Waals surface area contributed by atoms with Gasteiger partial charge in [0.25, 0.3) is 5.91 Å². The number of carbonyl (C=O) groups excluding carboxylic acids is 2. The molecule has 0 radical (unpaired) electrons. The van der Waals surface area contributed by atoms with Gasteiger partial charge < -0.3 is 15.4 Å². The van der Waals surface area contributed by atoms with Gasteiger partial charge in [-0.15, -0.1) is 6.42 Å². The van der Waals surface area contributed by atoms with Crippen molar-refractivity contribution in [2.45, 2.75) is 11.3 Å². The van der Waals surface area contributed by atoms with Gasteiger partial charge in [-0.05, 0) is 24.3 Å². The van der Waals surface area contributed by atoms with Crippen LogP contribution in [0.5, 0.6) is 0 Å². The summed E-state index contributed by atoms with van der Waals surface area (Å²) in [7, 11) is -2.17. The largest absolute Gasteiger partial charge is 0.383 e. The summed E-state index contributed by atoms with van der Waals surface area (Å²) in [5.41, 5.74) is 0.292. The number of sulfonamides is 1. The van der Waals surface area contributed by atoms with Gasteiger partial charge in [0.15, 0.2) is 0 Å². The highest BCUT2D eigenvalue weighted by Gasteiger charge is 2.14. The second-order valence-electron chi connectivity index (χ2n) is 4.90. The molecule has 1 aromatic carbocycles. The minimum atomic E-state index is -3.64. The fourth-order valence-corrected chi connectivity index (χ4v) is 2.79. The third-order valence-corrected chi connectivity index (χ3v) is 4.53. The van der Waals surface area contributed by atoms with Gasteiger partial charge in [0.2, 0.25) is 15.9 Å². The molecule has 0 spiro atoms. The minimum Gasteiger partial charge on any atom is -0.383 e. The Kier molecular flexibility index (Phi) is 8.63. The van der Waals surface area contributed by atoms with Crippen molar-refractivity contribution in [3.8, 4) is 12.3 Å². The third kappa shape index (κ3) is 7.34. The first kappa shape index (κ1) is 20.6. The van der Waals surface area contributed by atoms with Crippen molar-refractivity contribution in [3.05, 3.63) is 29.8 Å². The van der Waals surface area contributed by atoms with E-state index in [2.05, 4.69) is 21.3 Å². The first-order chi connectivity index (χ1) is 11.9. The van der Waals surface area contributed by atoms with Crippen LogP contribution in [0.1, 0.15) is 16.8 Å². The minimum absolute atomic E-state index is 0.0498. The summed E-state index contributed by atoms with van der Waals surface area (Å²) < 4.78 is 31.1. The second kappa shape index (κ2) is 10.5. The lowest BCUT2D eigenvalue weighted by Gasteiger charge is -2.08. The van der Waals surface area contributed by atoms with Gasteiger partial charge in [0, 0.05) is 32.2 Å². The Balaban J connectivity index is 2.54. The molecule has 0 aromatic heterocycles. The van der Waals surface area contributed by atoms with Crippen molar-refractivity contribution in [2.75, 3.05) is 33.4 Å². The molecule has 0 saturated heterocycles. The van der Waals surface area contributed by atoms with Gasteiger partial charge >= 0.3 is 0 Å². The molecule has 0 heterocycles. The normalized spacial score (nSPS) is 10.7. The Labute approximate surface area is 147 Å². The Bertz CT molecular complexity index is 723. The van der Waals surface area contributed by atoms with E-state index in [1.165, 1.54) is 31.4 Å². The molecule has 136 valence electrons. The van der Waals surface area contributed by atoms with E-state index >= 15 is 0 Å². The fourth-order valence-electron chi connectivity index (χ4n) is 1.78. The number of benzene rings is 1. The Morgan fingerprint density at radius 3 is 2.44 bits per heavy atom. The molecule has 25 heavy (non-hydrogen) atoms. The summed E-state index contributed by atoms with van der Waals surface area (Å²) in [5.74, 6) is 1.61. The lowest BCUT2D eigenvalue weighted by Crippen LogP contribution is -2.31. The maximum atomic E-state index is 12.0. The number of hydrogen-bond donors (Lipinski definition) is 3. The molecular weight excluding hydrogens is 346 g/mol. The van der Waals surface area contributed by atoms with Crippen LogP contribution >= 0.6 is 0 Å². The Morgan fingerprint density at radius 2 is 1.84 bits per heavy atom. The maximum Gasteiger partial charge on any atom is 0.251 e. The van der Waals surface area contributed by atoms with Gasteiger partial charge in [-0.25, -0.2) is 13.1 Å². The van der Waals surface area contributed by atoms with Gasteiger partial charge in [0.05, 0.1) is 18.0 Å². The lowest BCUT2D eigenvalue weighted by molar-refractivity contribution is -0.120. The molecular formula is C16H21N3O5S. The summed E-state index contributed by atoms with van der Waals surface area (Å²) >= 11 is 0. The number of hydrogen-bond acceptors (Lipinski definition) is 5. The number of methoxy groups -OCH3 is 1. The van der Waals surface area contributed by atoms with Crippen molar-refractivity contribution in [2.24, 2.45) is 0 Å². The van der Waals surface area contributed by atoms with E-state index in [4.69, 9.17) is 11.2 Å². The zero-order valence-corrected chi connectivity index (χ0v) is 14.7. The van der Waals surface area contributed by atoms with Crippen LogP contribution in [0.15, 0.2) is 29.2 Å². The smallest absolute Gasteiger partial charge is 0.251 e. The van der Waals surface area contributed by atoms with Crippen molar-refractivity contribution in [3.63, 3.8) is 0 Å². The van der Waals surface area contributed by atoms with E-state index < -0.39 is 15.9 Å². The molecule has 0 atom stereocenters. The molecule has 1 aromatic rings. The van der Waals surface area contributed by atoms with E-state index in [1.54, 1.807) is 0 Å². The fraction of sp³-hybridized carbons (Fsp3) is 0.375. The topological polar surface area (TPSA) is 114 Å². The average Bonchev–Trinajstić information content (AvgIpc) is 2.60. The molecule has 0 fully saturated rings. The van der Waals surface area contributed by atoms with Crippen LogP contribution in [-0.2, 0) is 19.6 Å². The first-order valence-corrected chi connectivity index (χ1v) is 8.96. The predicted octanol–water partition coefficient (Wildman–Crippen LogP) is -0.519. The first-order valence-electron chi connectivity index (χ1n) is 7.47. The van der Waals surface area contributed by atoms with Gasteiger partial charge in [-0.1, -0.05) is 5.92 Å². The van der Waals surface area contributed by atoms with Crippen LogP contribution < -0.4 is 15.4 Å². The molecule has 1 rings (SSSR count). The highest BCUT2D eigenvalue weighted by atomic mass is 32.2. The summed E-state index contributed by atoms with van der Waals surface area (Å²) in [4.78, 5) is 23.3. The number of ether oxygens (including phenoxy) is 1. The van der Waals surface area contributed by atoms with Crippen LogP contribution in [0.4, 0.5) is 0 Å². The zero-order chi connectivity index (χ0) is 18.7. The van der Waals surface area contributed by atoms with E-state index in [9.17, 15) is 18.0 Å². The summed E-state index contributed by atoms with van der Waals surface area (Å²) in [6, 6.07) is 5.48. The highest BCUT2D eigenvalue weighted by Crippen LogP contribution is 2.10. The van der Waals surface area contributed by atoms with E-state index in [-0.39, 0.29) is 43.5 Å². The zero-order valence-electron chi connectivity index (χ0n) is 13.9. The molecule has 2 amide bonds. The van der Waals surface area contributed by atoms with Crippen molar-refractivity contribution < 1.29 is 22.7 Å². The van der Waals surface area contributed by atoms with E-state index in [0.717, 1.165) is 0 Å². The van der Waals surface area contributed by atoms with Gasteiger partial charge in [-0.2, -0.15) is 0 Å². The number of rotatable bonds is 10. The lowest BCUT2D eigenvalue weighted by atomic mass is 10.2. The number of amides is 2. The van der Waals surface area contributed by atoms with E-state index in [0.29, 0.717) is 5.56 Å². The number of terminal acetylenes is 1. The SMILES string of the molecule is C#CCNC(=O)CCNC(=O)c1ccc(S(=O)(=O)NCCOC)cc1. The predicted molar refractivity (Wildman–Crippen MR) is 92.3 cm³/mol. The monoisotopic (exact) mass is 367 g/mol. The van der Waals surface area contributed by atoms with Gasteiger partial charge in [0.1, 0.15) is 0 Å². The highest BCUT2D eigenvalue weighted by molar-refractivity contribution is 7.89. The van der Waals surface area contributed by atoms with Crippen LogP contribution in [0.3, 0.4) is 0 Å². The maximum absolute atomic E-state index is 12.0. The summed E-state index contributed by atoms with van der Waals surface area (Å²) in [6.45, 7) is 0.701. The van der Waals surface area contributed by atoms with Crippen LogP contribution in [0, 0.1) is 12.3 Å². The number of nitrogens with one attached hydrogen (secondary N) is 3. The van der Waals surface area contributed by atoms with Crippen molar-refractivity contribution >= 4 is 21.8 Å². The standard InChI is InChI=1S/C16H21N3O5S/c1-3-9-17-15(20)8-10-18-16(21)13-4-6-14(7-5-13)25(22,23)19-11-12-24-2/h1,4-7,19H,8-12H2,2H3,(H,17,20)(H,18,21). The summed E-state index contributed by atoms with van der Waals surface area (Å²) in [6.07, 6.45) is 5.12. The molecule has 3 N–H and O–H groups in total. The average molecular weight is 367 g/mol. The molecule has 8 nitrogen and oxygen atoms in total. The Morgan fingerprint density at radius 1 is 1.16 bits per heavy atom. The molecule has 0 aliphatic carbocycles. The Hall–Kier alpha value is -2.41. The van der Waals surface area contributed by atoms with Crippen molar-refractivity contribution in [1.82, 2.24) is 15.4 Å². The molecule has 0 aliphatic heterocycles. The third-order valence-electron chi connectivity index (χ3n) is 3.05. The van der Waals surface area contributed by atoms with Crippen LogP contribution in [-0.4, -0.2) is 53.6 Å².